The van der Waals surface area contributed by atoms with Crippen molar-refractivity contribution in [1.29, 1.82) is 0 Å². The Morgan fingerprint density at radius 1 is 1.63 bits per heavy atom. The minimum atomic E-state index is -0.204. The Hall–Kier alpha value is -1.49. The highest BCUT2D eigenvalue weighted by Crippen LogP contribution is 2.23. The van der Waals surface area contributed by atoms with Crippen LogP contribution < -0.4 is 5.69 Å². The monoisotopic (exact) mass is 295 g/mol. The van der Waals surface area contributed by atoms with Gasteiger partial charge in [-0.2, -0.15) is 0 Å². The van der Waals surface area contributed by atoms with E-state index in [1.807, 2.05) is 11.4 Å². The van der Waals surface area contributed by atoms with Gasteiger partial charge in [0.25, 0.3) is 0 Å². The van der Waals surface area contributed by atoms with E-state index in [0.717, 1.165) is 11.3 Å². The van der Waals surface area contributed by atoms with Gasteiger partial charge >= 0.3 is 5.69 Å². The van der Waals surface area contributed by atoms with Crippen LogP contribution in [0.1, 0.15) is 16.9 Å². The maximum Gasteiger partial charge on any atom is 0.343 e. The fourth-order valence-electron chi connectivity index (χ4n) is 1.34. The van der Waals surface area contributed by atoms with Gasteiger partial charge in [0.15, 0.2) is 5.16 Å². The molecule has 7 heteroatoms. The average molecular weight is 295 g/mol. The average Bonchev–Trinajstić information content (AvgIpc) is 2.97. The normalized spacial score (nSPS) is 10.2. The Morgan fingerprint density at radius 3 is 3.16 bits per heavy atom. The van der Waals surface area contributed by atoms with Crippen LogP contribution in [0.4, 0.5) is 0 Å². The van der Waals surface area contributed by atoms with E-state index >= 15 is 0 Å². The highest BCUT2D eigenvalue weighted by molar-refractivity contribution is 7.98. The van der Waals surface area contributed by atoms with Crippen LogP contribution in [0.3, 0.4) is 0 Å². The summed E-state index contributed by atoms with van der Waals surface area (Å²) < 4.78 is 1.49. The maximum atomic E-state index is 11.2. The van der Waals surface area contributed by atoms with Crippen molar-refractivity contribution in [2.75, 3.05) is 6.61 Å². The number of nitrogens with one attached hydrogen (secondary N) is 1. The summed E-state index contributed by atoms with van der Waals surface area (Å²) in [6.07, 6.45) is 0.495. The van der Waals surface area contributed by atoms with Crippen molar-refractivity contribution in [3.05, 3.63) is 32.4 Å². The number of thioether (sulfide) groups is 1. The number of hydrogen-bond acceptors (Lipinski definition) is 5. The summed E-state index contributed by atoms with van der Waals surface area (Å²) in [5.41, 5.74) is 0.759. The highest BCUT2D eigenvalue weighted by Gasteiger charge is 2.06. The van der Waals surface area contributed by atoms with E-state index in [9.17, 15) is 4.79 Å². The van der Waals surface area contributed by atoms with Crippen LogP contribution in [0.2, 0.25) is 0 Å². The van der Waals surface area contributed by atoms with Gasteiger partial charge in [-0.3, -0.25) is 4.57 Å². The minimum Gasteiger partial charge on any atom is -0.395 e. The molecular weight excluding hydrogens is 282 g/mol. The van der Waals surface area contributed by atoms with Gasteiger partial charge in [0.05, 0.1) is 6.61 Å². The van der Waals surface area contributed by atoms with E-state index in [2.05, 4.69) is 22.0 Å². The number of aliphatic hydroxyl groups is 1. The fourth-order valence-corrected chi connectivity index (χ4v) is 3.13. The Labute approximate surface area is 118 Å². The van der Waals surface area contributed by atoms with Crippen LogP contribution in [-0.2, 0) is 12.8 Å². The second-order valence-corrected chi connectivity index (χ2v) is 5.67. The first-order chi connectivity index (χ1) is 9.20. The molecule has 0 spiro atoms. The van der Waals surface area contributed by atoms with E-state index < -0.39 is 0 Å². The summed E-state index contributed by atoms with van der Waals surface area (Å²) in [4.78, 5) is 12.4. The fraction of sp³-hybridized carbons (Fsp3) is 0.333. The Bertz CT molecular complexity index is 660. The summed E-state index contributed by atoms with van der Waals surface area (Å²) in [5.74, 6) is 6.64. The smallest absolute Gasteiger partial charge is 0.343 e. The van der Waals surface area contributed by atoms with E-state index in [4.69, 9.17) is 5.11 Å². The van der Waals surface area contributed by atoms with Crippen molar-refractivity contribution in [2.24, 2.45) is 7.05 Å². The molecule has 100 valence electrons. The molecule has 2 aromatic heterocycles. The van der Waals surface area contributed by atoms with Gasteiger partial charge < -0.3 is 5.11 Å². The molecular formula is C12H13N3O2S2. The second-order valence-electron chi connectivity index (χ2n) is 3.74. The first kappa shape index (κ1) is 13.9. The molecule has 0 unspecified atom stereocenters. The molecule has 0 saturated heterocycles. The van der Waals surface area contributed by atoms with Gasteiger partial charge in [-0.15, -0.1) is 16.4 Å². The molecule has 2 heterocycles. The molecule has 0 aromatic carbocycles. The predicted molar refractivity (Wildman–Crippen MR) is 76.3 cm³/mol. The lowest BCUT2D eigenvalue weighted by molar-refractivity contribution is 0.305. The van der Waals surface area contributed by atoms with Gasteiger partial charge in [0.2, 0.25) is 0 Å². The zero-order valence-electron chi connectivity index (χ0n) is 10.3. The van der Waals surface area contributed by atoms with Gasteiger partial charge in [-0.1, -0.05) is 23.6 Å². The molecule has 2 N–H and O–H groups in total. The Kier molecular flexibility index (Phi) is 4.85. The van der Waals surface area contributed by atoms with Crippen LogP contribution in [0.5, 0.6) is 0 Å². The molecule has 0 saturated carbocycles. The molecule has 0 fully saturated rings. The number of nitrogens with zero attached hydrogens (tertiary/aromatic N) is 2. The van der Waals surface area contributed by atoms with Crippen molar-refractivity contribution in [3.63, 3.8) is 0 Å². The zero-order valence-corrected chi connectivity index (χ0v) is 12.0. The lowest BCUT2D eigenvalue weighted by Crippen LogP contribution is -2.12. The lowest BCUT2D eigenvalue weighted by atomic mass is 10.3. The number of thiophene rings is 1. The highest BCUT2D eigenvalue weighted by atomic mass is 32.2. The van der Waals surface area contributed by atoms with Crippen LogP contribution in [0.25, 0.3) is 0 Å². The maximum absolute atomic E-state index is 11.2. The van der Waals surface area contributed by atoms with Crippen LogP contribution in [-0.4, -0.2) is 26.5 Å². The number of aromatic amines is 1. The Balaban J connectivity index is 1.96. The van der Waals surface area contributed by atoms with Crippen molar-refractivity contribution >= 4 is 23.1 Å². The number of aliphatic hydroxyl groups excluding tert-OH is 1. The third-order valence-corrected chi connectivity index (χ3v) is 4.50. The first-order valence-corrected chi connectivity index (χ1v) is 7.48. The van der Waals surface area contributed by atoms with Gasteiger partial charge in [0.1, 0.15) is 0 Å². The summed E-state index contributed by atoms with van der Waals surface area (Å²) in [5, 5.41) is 17.7. The molecule has 0 atom stereocenters. The molecule has 0 aliphatic rings. The third-order valence-electron chi connectivity index (χ3n) is 2.31. The van der Waals surface area contributed by atoms with Crippen LogP contribution in [0.15, 0.2) is 21.4 Å². The molecule has 0 amide bonds. The quantitative estimate of drug-likeness (QED) is 0.657. The predicted octanol–water partition coefficient (Wildman–Crippen LogP) is 1.20. The minimum absolute atomic E-state index is 0.0903. The molecule has 2 rings (SSSR count). The third kappa shape index (κ3) is 3.73. The van der Waals surface area contributed by atoms with E-state index in [1.54, 1.807) is 18.4 Å². The molecule has 0 aliphatic heterocycles. The first-order valence-electron chi connectivity index (χ1n) is 5.62. The van der Waals surface area contributed by atoms with Crippen molar-refractivity contribution < 1.29 is 5.11 Å². The van der Waals surface area contributed by atoms with Gasteiger partial charge in [0, 0.05) is 35.0 Å². The molecule has 0 radical (unpaired) electrons. The largest absolute Gasteiger partial charge is 0.395 e. The summed E-state index contributed by atoms with van der Waals surface area (Å²) in [7, 11) is 1.69. The van der Waals surface area contributed by atoms with Crippen molar-refractivity contribution in [2.45, 2.75) is 17.3 Å². The standard InChI is InChI=1S/C12H13N3O2S2/c1-15-11(17)13-14-12(15)19-8-10-6-9(7-18-10)4-2-3-5-16/h6-7,16H,3,5,8H2,1H3,(H,13,17). The molecule has 0 aliphatic carbocycles. The number of H-pyrrole nitrogens is 1. The van der Waals surface area contributed by atoms with E-state index in [-0.39, 0.29) is 12.3 Å². The number of rotatable bonds is 4. The lowest BCUT2D eigenvalue weighted by Gasteiger charge is -1.96. The topological polar surface area (TPSA) is 70.9 Å². The molecule has 5 nitrogen and oxygen atoms in total. The summed E-state index contributed by atoms with van der Waals surface area (Å²) in [6, 6.07) is 2.02. The second kappa shape index (κ2) is 6.61. The van der Waals surface area contributed by atoms with Gasteiger partial charge in [-0.25, -0.2) is 9.89 Å². The van der Waals surface area contributed by atoms with Gasteiger partial charge in [-0.05, 0) is 6.07 Å². The number of aromatic nitrogens is 3. The van der Waals surface area contributed by atoms with E-state index in [0.29, 0.717) is 11.6 Å². The Morgan fingerprint density at radius 2 is 2.47 bits per heavy atom. The van der Waals surface area contributed by atoms with E-state index in [1.165, 1.54) is 21.2 Å². The molecule has 0 bridgehead atoms. The van der Waals surface area contributed by atoms with Crippen molar-refractivity contribution in [1.82, 2.24) is 14.8 Å². The summed E-state index contributed by atoms with van der Waals surface area (Å²) >= 11 is 3.13. The molecule has 19 heavy (non-hydrogen) atoms. The van der Waals surface area contributed by atoms with Crippen LogP contribution >= 0.6 is 23.1 Å². The molecule has 2 aromatic rings. The number of hydrogen-bond donors (Lipinski definition) is 2. The summed E-state index contributed by atoms with van der Waals surface area (Å²) in [6.45, 7) is 0.0903. The van der Waals surface area contributed by atoms with Crippen molar-refractivity contribution in [3.8, 4) is 11.8 Å². The van der Waals surface area contributed by atoms with Crippen LogP contribution in [0, 0.1) is 11.8 Å². The SMILES string of the molecule is Cn1c(SCc2cc(C#CCCO)cs2)n[nH]c1=O. The zero-order chi connectivity index (χ0) is 13.7.